The predicted molar refractivity (Wildman–Crippen MR) is 76.7 cm³/mol. The number of hydrogen-bond acceptors (Lipinski definition) is 4. The number of nitrogens with one attached hydrogen (secondary N) is 2. The van der Waals surface area contributed by atoms with Crippen molar-refractivity contribution in [3.8, 4) is 0 Å². The number of aromatic nitrogens is 2. The summed E-state index contributed by atoms with van der Waals surface area (Å²) in [5.41, 5.74) is 1.56. The van der Waals surface area contributed by atoms with Gasteiger partial charge in [-0.05, 0) is 12.8 Å². The van der Waals surface area contributed by atoms with E-state index in [9.17, 15) is 4.79 Å². The van der Waals surface area contributed by atoms with Crippen LogP contribution in [-0.4, -0.2) is 48.0 Å². The van der Waals surface area contributed by atoms with Crippen LogP contribution in [0.1, 0.15) is 29.9 Å². The first-order chi connectivity index (χ1) is 9.52. The van der Waals surface area contributed by atoms with Gasteiger partial charge in [-0.15, -0.1) is 0 Å². The van der Waals surface area contributed by atoms with E-state index in [4.69, 9.17) is 4.74 Å². The highest BCUT2D eigenvalue weighted by Crippen LogP contribution is 2.11. The second-order valence-electron chi connectivity index (χ2n) is 5.73. The van der Waals surface area contributed by atoms with Crippen molar-refractivity contribution in [2.45, 2.75) is 39.5 Å². The average molecular weight is 280 g/mol. The fraction of sp³-hybridized carbons (Fsp3) is 0.714. The first kappa shape index (κ1) is 15.0. The van der Waals surface area contributed by atoms with Gasteiger partial charge in [-0.3, -0.25) is 9.48 Å². The summed E-state index contributed by atoms with van der Waals surface area (Å²) in [6.07, 6.45) is 1.68. The minimum Gasteiger partial charge on any atom is -0.378 e. The molecule has 0 spiro atoms. The summed E-state index contributed by atoms with van der Waals surface area (Å²) in [6.45, 7) is 8.54. The van der Waals surface area contributed by atoms with Gasteiger partial charge in [0.15, 0.2) is 0 Å². The smallest absolute Gasteiger partial charge is 0.255 e. The Kier molecular flexibility index (Phi) is 4.77. The summed E-state index contributed by atoms with van der Waals surface area (Å²) in [5.74, 6) is 0.426. The van der Waals surface area contributed by atoms with E-state index in [0.29, 0.717) is 11.5 Å². The number of nitrogens with zero attached hydrogens (tertiary/aromatic N) is 2. The molecular formula is C14H24N4O2. The average Bonchev–Trinajstić information content (AvgIpc) is 2.97. The van der Waals surface area contributed by atoms with Gasteiger partial charge in [-0.25, -0.2) is 0 Å². The fourth-order valence-electron chi connectivity index (χ4n) is 2.49. The Morgan fingerprint density at radius 1 is 1.60 bits per heavy atom. The number of amides is 1. The van der Waals surface area contributed by atoms with Crippen LogP contribution in [0.4, 0.5) is 0 Å². The quantitative estimate of drug-likeness (QED) is 0.827. The van der Waals surface area contributed by atoms with Crippen LogP contribution in [0.3, 0.4) is 0 Å². The van der Waals surface area contributed by atoms with Crippen LogP contribution in [0, 0.1) is 12.8 Å². The van der Waals surface area contributed by atoms with E-state index in [1.807, 2.05) is 11.6 Å². The normalized spacial score (nSPS) is 22.4. The van der Waals surface area contributed by atoms with Crippen molar-refractivity contribution in [1.29, 1.82) is 0 Å². The van der Waals surface area contributed by atoms with Gasteiger partial charge >= 0.3 is 0 Å². The Labute approximate surface area is 119 Å². The van der Waals surface area contributed by atoms with E-state index < -0.39 is 0 Å². The summed E-state index contributed by atoms with van der Waals surface area (Å²) in [4.78, 5) is 12.3. The molecule has 2 rings (SSSR count). The maximum atomic E-state index is 12.3. The number of rotatable bonds is 5. The lowest BCUT2D eigenvalue weighted by atomic mass is 10.1. The number of ether oxygens (including phenoxy) is 1. The molecule has 0 aromatic carbocycles. The minimum atomic E-state index is -0.0757. The summed E-state index contributed by atoms with van der Waals surface area (Å²) in [7, 11) is 1.67. The van der Waals surface area contributed by atoms with Crippen LogP contribution in [0.15, 0.2) is 6.20 Å². The summed E-state index contributed by atoms with van der Waals surface area (Å²) >= 11 is 0. The van der Waals surface area contributed by atoms with Crippen molar-refractivity contribution in [1.82, 2.24) is 20.4 Å². The molecule has 0 saturated carbocycles. The zero-order valence-electron chi connectivity index (χ0n) is 12.6. The lowest BCUT2D eigenvalue weighted by Gasteiger charge is -2.18. The zero-order chi connectivity index (χ0) is 14.7. The molecule has 1 saturated heterocycles. The molecule has 1 amide bonds. The van der Waals surface area contributed by atoms with Crippen LogP contribution >= 0.6 is 0 Å². The van der Waals surface area contributed by atoms with Gasteiger partial charge in [-0.2, -0.15) is 5.10 Å². The van der Waals surface area contributed by atoms with Gasteiger partial charge in [0, 0.05) is 32.4 Å². The van der Waals surface area contributed by atoms with E-state index in [2.05, 4.69) is 29.6 Å². The van der Waals surface area contributed by atoms with Crippen molar-refractivity contribution in [3.63, 3.8) is 0 Å². The predicted octanol–water partition coefficient (Wildman–Crippen LogP) is 0.564. The monoisotopic (exact) mass is 280 g/mol. The third-order valence-electron chi connectivity index (χ3n) is 3.66. The highest BCUT2D eigenvalue weighted by molar-refractivity contribution is 5.95. The Bertz CT molecular complexity index is 470. The van der Waals surface area contributed by atoms with Crippen LogP contribution in [0.25, 0.3) is 0 Å². The van der Waals surface area contributed by atoms with Gasteiger partial charge in [0.2, 0.25) is 0 Å². The maximum Gasteiger partial charge on any atom is 0.255 e. The minimum absolute atomic E-state index is 0.0142. The zero-order valence-corrected chi connectivity index (χ0v) is 12.6. The van der Waals surface area contributed by atoms with Crippen molar-refractivity contribution in [2.75, 3.05) is 20.2 Å². The second kappa shape index (κ2) is 6.37. The fourth-order valence-corrected chi connectivity index (χ4v) is 2.49. The summed E-state index contributed by atoms with van der Waals surface area (Å²) < 4.78 is 7.24. The standard InChI is InChI=1S/C14H24N4O2/c1-9(2)8-18-10(3)11(5-16-18)14(19)17-12-6-15-7-13(12)20-4/h5,9,12-13,15H,6-8H2,1-4H3,(H,17,19)/t12?,13-/m0/s1. The molecule has 0 bridgehead atoms. The Balaban J connectivity index is 2.04. The highest BCUT2D eigenvalue weighted by Gasteiger charge is 2.29. The van der Waals surface area contributed by atoms with E-state index in [0.717, 1.165) is 25.3 Å². The van der Waals surface area contributed by atoms with Crippen molar-refractivity contribution < 1.29 is 9.53 Å². The molecule has 2 atom stereocenters. The van der Waals surface area contributed by atoms with Crippen LogP contribution < -0.4 is 10.6 Å². The first-order valence-electron chi connectivity index (χ1n) is 7.09. The molecule has 0 radical (unpaired) electrons. The van der Waals surface area contributed by atoms with E-state index in [1.54, 1.807) is 13.3 Å². The van der Waals surface area contributed by atoms with Gasteiger partial charge in [0.05, 0.1) is 23.9 Å². The summed E-state index contributed by atoms with van der Waals surface area (Å²) in [6, 6.07) is 0.0142. The molecule has 0 aliphatic carbocycles. The Hall–Kier alpha value is -1.40. The molecule has 6 heteroatoms. The molecule has 1 fully saturated rings. The topological polar surface area (TPSA) is 68.2 Å². The molecule has 20 heavy (non-hydrogen) atoms. The largest absolute Gasteiger partial charge is 0.378 e. The van der Waals surface area contributed by atoms with Crippen molar-refractivity contribution in [3.05, 3.63) is 17.5 Å². The molecular weight excluding hydrogens is 256 g/mol. The van der Waals surface area contributed by atoms with Gasteiger partial charge in [0.25, 0.3) is 5.91 Å². The molecule has 1 aromatic heterocycles. The molecule has 1 aromatic rings. The summed E-state index contributed by atoms with van der Waals surface area (Å²) in [5, 5.41) is 10.5. The first-order valence-corrected chi connectivity index (χ1v) is 7.09. The number of hydrogen-bond donors (Lipinski definition) is 2. The third kappa shape index (κ3) is 3.19. The SMILES string of the molecule is CO[C@H]1CNCC1NC(=O)c1cnn(CC(C)C)c1C. The van der Waals surface area contributed by atoms with Crippen LogP contribution in [0.2, 0.25) is 0 Å². The van der Waals surface area contributed by atoms with Crippen LogP contribution in [-0.2, 0) is 11.3 Å². The molecule has 1 unspecified atom stereocenters. The highest BCUT2D eigenvalue weighted by atomic mass is 16.5. The second-order valence-corrected chi connectivity index (χ2v) is 5.73. The van der Waals surface area contributed by atoms with E-state index >= 15 is 0 Å². The maximum absolute atomic E-state index is 12.3. The van der Waals surface area contributed by atoms with Crippen LogP contribution in [0.5, 0.6) is 0 Å². The lowest BCUT2D eigenvalue weighted by molar-refractivity contribution is 0.0779. The number of methoxy groups -OCH3 is 1. The lowest BCUT2D eigenvalue weighted by Crippen LogP contribution is -2.43. The molecule has 1 aliphatic heterocycles. The molecule has 2 N–H and O–H groups in total. The number of carbonyl (C=O) groups is 1. The Morgan fingerprint density at radius 3 is 3.00 bits per heavy atom. The van der Waals surface area contributed by atoms with Gasteiger partial charge < -0.3 is 15.4 Å². The van der Waals surface area contributed by atoms with E-state index in [-0.39, 0.29) is 18.1 Å². The third-order valence-corrected chi connectivity index (χ3v) is 3.66. The van der Waals surface area contributed by atoms with Gasteiger partial charge in [0.1, 0.15) is 0 Å². The van der Waals surface area contributed by atoms with Crippen molar-refractivity contribution >= 4 is 5.91 Å². The van der Waals surface area contributed by atoms with E-state index in [1.165, 1.54) is 0 Å². The number of carbonyl (C=O) groups excluding carboxylic acids is 1. The van der Waals surface area contributed by atoms with Crippen molar-refractivity contribution in [2.24, 2.45) is 5.92 Å². The molecule has 2 heterocycles. The molecule has 1 aliphatic rings. The molecule has 112 valence electrons. The Morgan fingerprint density at radius 2 is 2.35 bits per heavy atom. The molecule has 6 nitrogen and oxygen atoms in total. The van der Waals surface area contributed by atoms with Gasteiger partial charge in [-0.1, -0.05) is 13.8 Å².